The van der Waals surface area contributed by atoms with E-state index in [-0.39, 0.29) is 11.5 Å². The van der Waals surface area contributed by atoms with Crippen molar-refractivity contribution in [3.63, 3.8) is 0 Å². The van der Waals surface area contributed by atoms with Crippen LogP contribution in [0.3, 0.4) is 0 Å². The standard InChI is InChI=1S/C37H30O5/c38-28-9-1-24(2-10-28)17-19-40-30-13-5-26-7-15-36-34(32(26)21-30)23-35-33-22-31(14-6-27(33)8-16-37(35)42-36)41-20-18-25-3-11-29(39)12-4-25/h1-16,21-22,38-39H,17-20,23H2. The first-order valence-corrected chi connectivity index (χ1v) is 14.2. The van der Waals surface area contributed by atoms with E-state index in [2.05, 4.69) is 48.5 Å². The largest absolute Gasteiger partial charge is 0.508 e. The lowest BCUT2D eigenvalue weighted by molar-refractivity contribution is 0.322. The second-order valence-corrected chi connectivity index (χ2v) is 10.7. The lowest BCUT2D eigenvalue weighted by Crippen LogP contribution is -2.06. The Labute approximate surface area is 244 Å². The quantitative estimate of drug-likeness (QED) is 0.198. The maximum absolute atomic E-state index is 9.52. The Hall–Kier alpha value is -5.16. The van der Waals surface area contributed by atoms with E-state index in [0.29, 0.717) is 13.2 Å². The zero-order valence-electron chi connectivity index (χ0n) is 23.0. The molecule has 5 nitrogen and oxygen atoms in total. The van der Waals surface area contributed by atoms with Gasteiger partial charge in [-0.2, -0.15) is 0 Å². The SMILES string of the molecule is Oc1ccc(CCOc2ccc3ccc4c(c3c2)Cc2c(ccc3ccc(OCCc5ccc(O)cc5)cc23)O4)cc1. The molecular formula is C37H30O5. The van der Waals surface area contributed by atoms with E-state index in [9.17, 15) is 10.2 Å². The molecule has 0 aromatic heterocycles. The molecule has 5 heteroatoms. The van der Waals surface area contributed by atoms with Crippen LogP contribution in [0.4, 0.5) is 0 Å². The van der Waals surface area contributed by atoms with Gasteiger partial charge in [0, 0.05) is 30.4 Å². The fourth-order valence-electron chi connectivity index (χ4n) is 5.61. The molecule has 0 aliphatic carbocycles. The molecule has 0 saturated heterocycles. The predicted molar refractivity (Wildman–Crippen MR) is 165 cm³/mol. The molecular weight excluding hydrogens is 524 g/mol. The number of fused-ring (bicyclic) bond motifs is 6. The summed E-state index contributed by atoms with van der Waals surface area (Å²) in [6.45, 7) is 1.09. The minimum atomic E-state index is 0.268. The maximum atomic E-state index is 9.52. The molecule has 1 heterocycles. The van der Waals surface area contributed by atoms with Crippen LogP contribution in [0, 0.1) is 0 Å². The van der Waals surface area contributed by atoms with Crippen molar-refractivity contribution in [2.75, 3.05) is 13.2 Å². The van der Waals surface area contributed by atoms with Gasteiger partial charge in [-0.1, -0.05) is 48.5 Å². The summed E-state index contributed by atoms with van der Waals surface area (Å²) in [5.41, 5.74) is 4.53. The smallest absolute Gasteiger partial charge is 0.131 e. The molecule has 0 spiro atoms. The highest BCUT2D eigenvalue weighted by Gasteiger charge is 2.22. The first-order valence-electron chi connectivity index (χ1n) is 14.2. The molecule has 0 fully saturated rings. The van der Waals surface area contributed by atoms with E-state index in [1.165, 1.54) is 0 Å². The molecule has 6 aromatic rings. The van der Waals surface area contributed by atoms with Gasteiger partial charge in [-0.3, -0.25) is 0 Å². The molecule has 6 aromatic carbocycles. The van der Waals surface area contributed by atoms with Crippen LogP contribution in [0.1, 0.15) is 22.3 Å². The van der Waals surface area contributed by atoms with Crippen LogP contribution < -0.4 is 14.2 Å². The van der Waals surface area contributed by atoms with Gasteiger partial charge in [-0.25, -0.2) is 0 Å². The monoisotopic (exact) mass is 554 g/mol. The number of phenols is 2. The summed E-state index contributed by atoms with van der Waals surface area (Å²) in [5, 5.41) is 23.6. The Kier molecular flexibility index (Phi) is 6.76. The Morgan fingerprint density at radius 1 is 0.524 bits per heavy atom. The van der Waals surface area contributed by atoms with Crippen LogP contribution in [-0.4, -0.2) is 23.4 Å². The Bertz CT molecular complexity index is 1750. The van der Waals surface area contributed by atoms with Gasteiger partial charge >= 0.3 is 0 Å². The van der Waals surface area contributed by atoms with Gasteiger partial charge in [0.15, 0.2) is 0 Å². The van der Waals surface area contributed by atoms with Crippen molar-refractivity contribution < 1.29 is 24.4 Å². The van der Waals surface area contributed by atoms with Gasteiger partial charge in [-0.15, -0.1) is 0 Å². The fraction of sp³-hybridized carbons (Fsp3) is 0.135. The minimum Gasteiger partial charge on any atom is -0.508 e. The predicted octanol–water partition coefficient (Wildman–Crippen LogP) is 8.34. The summed E-state index contributed by atoms with van der Waals surface area (Å²) in [6, 6.07) is 35.2. The first-order chi connectivity index (χ1) is 20.6. The molecule has 0 unspecified atom stereocenters. The molecule has 0 atom stereocenters. The molecule has 42 heavy (non-hydrogen) atoms. The van der Waals surface area contributed by atoms with Crippen LogP contribution in [-0.2, 0) is 19.3 Å². The zero-order chi connectivity index (χ0) is 28.5. The lowest BCUT2D eigenvalue weighted by Gasteiger charge is -2.23. The average molecular weight is 555 g/mol. The van der Waals surface area contributed by atoms with E-state index in [1.54, 1.807) is 24.3 Å². The summed E-state index contributed by atoms with van der Waals surface area (Å²) < 4.78 is 18.7. The zero-order valence-corrected chi connectivity index (χ0v) is 23.0. The first kappa shape index (κ1) is 25.8. The molecule has 2 N–H and O–H groups in total. The van der Waals surface area contributed by atoms with Crippen molar-refractivity contribution >= 4 is 21.5 Å². The second-order valence-electron chi connectivity index (χ2n) is 10.7. The van der Waals surface area contributed by atoms with Crippen LogP contribution in [0.5, 0.6) is 34.5 Å². The number of aromatic hydroxyl groups is 2. The van der Waals surface area contributed by atoms with Gasteiger partial charge < -0.3 is 24.4 Å². The van der Waals surface area contributed by atoms with Crippen molar-refractivity contribution in [3.8, 4) is 34.5 Å². The van der Waals surface area contributed by atoms with Crippen molar-refractivity contribution in [2.45, 2.75) is 19.3 Å². The summed E-state index contributed by atoms with van der Waals surface area (Å²) >= 11 is 0. The highest BCUT2D eigenvalue weighted by Crippen LogP contribution is 2.44. The third kappa shape index (κ3) is 5.29. The number of rotatable bonds is 8. The molecule has 1 aliphatic heterocycles. The molecule has 0 bridgehead atoms. The van der Waals surface area contributed by atoms with E-state index < -0.39 is 0 Å². The van der Waals surface area contributed by atoms with Crippen LogP contribution in [0.2, 0.25) is 0 Å². The Morgan fingerprint density at radius 3 is 1.40 bits per heavy atom. The van der Waals surface area contributed by atoms with Gasteiger partial charge in [0.2, 0.25) is 0 Å². The number of benzene rings is 6. The van der Waals surface area contributed by atoms with Crippen molar-refractivity contribution in [3.05, 3.63) is 131 Å². The molecule has 208 valence electrons. The van der Waals surface area contributed by atoms with E-state index in [0.717, 1.165) is 86.1 Å². The molecule has 7 rings (SSSR count). The van der Waals surface area contributed by atoms with Crippen molar-refractivity contribution in [1.82, 2.24) is 0 Å². The maximum Gasteiger partial charge on any atom is 0.131 e. The van der Waals surface area contributed by atoms with E-state index >= 15 is 0 Å². The highest BCUT2D eigenvalue weighted by molar-refractivity contribution is 5.94. The second kappa shape index (κ2) is 11.0. The summed E-state index contributed by atoms with van der Waals surface area (Å²) in [7, 11) is 0. The minimum absolute atomic E-state index is 0.268. The average Bonchev–Trinajstić information content (AvgIpc) is 3.02. The highest BCUT2D eigenvalue weighted by atomic mass is 16.5. The third-order valence-electron chi connectivity index (χ3n) is 7.89. The van der Waals surface area contributed by atoms with Crippen LogP contribution in [0.25, 0.3) is 21.5 Å². The normalized spacial score (nSPS) is 12.0. The molecule has 0 amide bonds. The van der Waals surface area contributed by atoms with E-state index in [4.69, 9.17) is 14.2 Å². The van der Waals surface area contributed by atoms with Gasteiger partial charge in [0.1, 0.15) is 34.5 Å². The third-order valence-corrected chi connectivity index (χ3v) is 7.89. The number of ether oxygens (including phenoxy) is 3. The lowest BCUT2D eigenvalue weighted by atomic mass is 9.91. The van der Waals surface area contributed by atoms with Gasteiger partial charge in [0.05, 0.1) is 13.2 Å². The van der Waals surface area contributed by atoms with Crippen LogP contribution in [0.15, 0.2) is 109 Å². The van der Waals surface area contributed by atoms with Gasteiger partial charge in [-0.05, 0) is 93.3 Å². The number of hydrogen-bond acceptors (Lipinski definition) is 5. The number of phenolic OH excluding ortho intramolecular Hbond substituents is 2. The van der Waals surface area contributed by atoms with E-state index in [1.807, 2.05) is 36.4 Å². The topological polar surface area (TPSA) is 68.2 Å². The summed E-state index contributed by atoms with van der Waals surface area (Å²) in [5.74, 6) is 3.93. The van der Waals surface area contributed by atoms with Crippen LogP contribution >= 0.6 is 0 Å². The summed E-state index contributed by atoms with van der Waals surface area (Å²) in [4.78, 5) is 0. The number of hydrogen-bond donors (Lipinski definition) is 2. The Balaban J connectivity index is 1.12. The van der Waals surface area contributed by atoms with Gasteiger partial charge in [0.25, 0.3) is 0 Å². The summed E-state index contributed by atoms with van der Waals surface area (Å²) in [6.07, 6.45) is 2.26. The van der Waals surface area contributed by atoms with Crippen molar-refractivity contribution in [1.29, 1.82) is 0 Å². The Morgan fingerprint density at radius 2 is 0.952 bits per heavy atom. The molecule has 0 radical (unpaired) electrons. The molecule has 0 saturated carbocycles. The van der Waals surface area contributed by atoms with Crippen molar-refractivity contribution in [2.24, 2.45) is 0 Å². The molecule has 1 aliphatic rings. The fourth-order valence-corrected chi connectivity index (χ4v) is 5.61.